The van der Waals surface area contributed by atoms with Crippen LogP contribution in [0.1, 0.15) is 13.8 Å². The number of nitrogens with zero attached hydrogens (tertiary/aromatic N) is 3. The Labute approximate surface area is 250 Å². The summed E-state index contributed by atoms with van der Waals surface area (Å²) in [5.41, 5.74) is -0.870. The van der Waals surface area contributed by atoms with Crippen LogP contribution in [0.25, 0.3) is 0 Å². The molecule has 41 heavy (non-hydrogen) atoms. The Hall–Kier alpha value is -3.35. The highest BCUT2D eigenvalue weighted by atomic mass is 127. The van der Waals surface area contributed by atoms with Crippen LogP contribution in [0, 0.1) is 5.82 Å². The summed E-state index contributed by atoms with van der Waals surface area (Å²) in [6.07, 6.45) is 0.939. The second kappa shape index (κ2) is 12.7. The molecule has 0 radical (unpaired) electrons. The smallest absolute Gasteiger partial charge is 0.474 e. The Morgan fingerprint density at radius 3 is 2.32 bits per heavy atom. The molecular formula is C23H27FIN6O9P. The zero-order valence-electron chi connectivity index (χ0n) is 22.4. The van der Waals surface area contributed by atoms with Crippen molar-refractivity contribution in [2.24, 2.45) is 0 Å². The lowest BCUT2D eigenvalue weighted by Gasteiger charge is -2.32. The van der Waals surface area contributed by atoms with E-state index in [-0.39, 0.29) is 58.0 Å². The van der Waals surface area contributed by atoms with E-state index in [9.17, 15) is 13.8 Å². The fourth-order valence-corrected chi connectivity index (χ4v) is 4.11. The van der Waals surface area contributed by atoms with Gasteiger partial charge in [0.1, 0.15) is 5.82 Å². The molecule has 0 saturated carbocycles. The molecule has 1 amide bonds. The van der Waals surface area contributed by atoms with Crippen LogP contribution in [-0.2, 0) is 13.9 Å². The third-order valence-corrected chi connectivity index (χ3v) is 6.08. The average molecular weight is 708 g/mol. The van der Waals surface area contributed by atoms with Gasteiger partial charge in [-0.05, 0) is 26.0 Å². The van der Waals surface area contributed by atoms with Gasteiger partial charge in [0, 0.05) is 17.8 Å². The number of anilines is 4. The number of fused-ring (bicyclic) bond motifs is 1. The van der Waals surface area contributed by atoms with E-state index < -0.39 is 31.9 Å². The minimum Gasteiger partial charge on any atom is -1.00 e. The third kappa shape index (κ3) is 7.30. The number of hydrogen-bond donors (Lipinski definition) is 5. The Kier molecular flexibility index (Phi) is 9.94. The lowest BCUT2D eigenvalue weighted by Crippen LogP contribution is -3.14. The first-order valence-electron chi connectivity index (χ1n) is 11.5. The summed E-state index contributed by atoms with van der Waals surface area (Å²) in [6, 6.07) is 6.16. The minimum atomic E-state index is -4.89. The molecule has 1 aromatic carbocycles. The number of benzene rings is 1. The molecule has 1 atom stereocenters. The monoisotopic (exact) mass is 708 g/mol. The van der Waals surface area contributed by atoms with E-state index in [0.29, 0.717) is 22.9 Å². The molecular weight excluding hydrogens is 681 g/mol. The normalized spacial score (nSPS) is 15.6. The van der Waals surface area contributed by atoms with Crippen LogP contribution in [0.2, 0.25) is 0 Å². The minimum absolute atomic E-state index is 0. The second-order valence-corrected chi connectivity index (χ2v) is 10.0. The number of nitrogens with one attached hydrogen (secondary N) is 3. The number of phosphoric ester groups is 1. The maximum Gasteiger partial charge on any atom is 0.474 e. The van der Waals surface area contributed by atoms with Gasteiger partial charge in [-0.3, -0.25) is 0 Å². The SMILES string of the molecule is COc1cc(Nc2ncc(F)c(Nc3ccc4c(n3)[NH+](COP(=O)(O)O)C(=O)C(C)(C)O4)n2)cc(OC)c1OC.[I-]. The predicted octanol–water partition coefficient (Wildman–Crippen LogP) is -1.19. The van der Waals surface area contributed by atoms with Crippen molar-refractivity contribution in [3.63, 3.8) is 0 Å². The number of carbonyl (C=O) groups excluding carboxylic acids is 1. The van der Waals surface area contributed by atoms with E-state index >= 15 is 0 Å². The molecule has 15 nitrogen and oxygen atoms in total. The fraction of sp³-hybridized carbons (Fsp3) is 0.304. The van der Waals surface area contributed by atoms with E-state index in [1.807, 2.05) is 0 Å². The number of carbonyl (C=O) groups is 1. The largest absolute Gasteiger partial charge is 1.00 e. The zero-order chi connectivity index (χ0) is 29.2. The number of pyridine rings is 1. The number of rotatable bonds is 10. The van der Waals surface area contributed by atoms with Gasteiger partial charge in [0.15, 0.2) is 23.1 Å². The van der Waals surface area contributed by atoms with Crippen LogP contribution in [0.15, 0.2) is 30.5 Å². The molecule has 1 unspecified atom stereocenters. The second-order valence-electron chi connectivity index (χ2n) is 8.78. The first-order valence-corrected chi connectivity index (χ1v) is 13.1. The van der Waals surface area contributed by atoms with Crippen molar-refractivity contribution in [3.05, 3.63) is 36.3 Å². The molecule has 3 aromatic rings. The number of halogens is 2. The number of quaternary nitrogens is 1. The van der Waals surface area contributed by atoms with E-state index in [1.165, 1.54) is 47.3 Å². The van der Waals surface area contributed by atoms with Gasteiger partial charge in [-0.1, -0.05) is 0 Å². The van der Waals surface area contributed by atoms with Crippen LogP contribution < -0.4 is 58.5 Å². The summed E-state index contributed by atoms with van der Waals surface area (Å²) in [7, 11) is -0.495. The molecule has 0 spiro atoms. The number of ether oxygens (including phenoxy) is 4. The first-order chi connectivity index (χ1) is 18.8. The van der Waals surface area contributed by atoms with Gasteiger partial charge in [-0.2, -0.15) is 14.9 Å². The molecule has 222 valence electrons. The average Bonchev–Trinajstić information content (AvgIpc) is 2.89. The molecule has 0 fully saturated rings. The Balaban J connectivity index is 0.00000462. The molecule has 1 aliphatic rings. The van der Waals surface area contributed by atoms with Crippen molar-refractivity contribution in [2.75, 3.05) is 38.7 Å². The summed E-state index contributed by atoms with van der Waals surface area (Å²) in [5.74, 6) is -0.298. The van der Waals surface area contributed by atoms with Gasteiger partial charge in [-0.15, -0.1) is 0 Å². The summed E-state index contributed by atoms with van der Waals surface area (Å²) < 4.78 is 52.2. The molecule has 0 bridgehead atoms. The van der Waals surface area contributed by atoms with Crippen LogP contribution in [0.5, 0.6) is 23.0 Å². The van der Waals surface area contributed by atoms with Gasteiger partial charge in [-0.25, -0.2) is 23.3 Å². The van der Waals surface area contributed by atoms with Gasteiger partial charge in [0.05, 0.1) is 27.5 Å². The van der Waals surface area contributed by atoms with Crippen molar-refractivity contribution in [1.82, 2.24) is 15.0 Å². The van der Waals surface area contributed by atoms with Crippen molar-refractivity contribution in [2.45, 2.75) is 19.4 Å². The number of aromatic nitrogens is 3. The zero-order valence-corrected chi connectivity index (χ0v) is 25.4. The lowest BCUT2D eigenvalue weighted by atomic mass is 10.1. The molecule has 5 N–H and O–H groups in total. The van der Waals surface area contributed by atoms with Gasteiger partial charge < -0.3 is 63.3 Å². The number of amides is 1. The highest BCUT2D eigenvalue weighted by Crippen LogP contribution is 2.40. The summed E-state index contributed by atoms with van der Waals surface area (Å²) in [5, 5.41) is 5.66. The van der Waals surface area contributed by atoms with E-state index in [0.717, 1.165) is 6.20 Å². The summed E-state index contributed by atoms with van der Waals surface area (Å²) in [6.45, 7) is 2.28. The van der Waals surface area contributed by atoms with Crippen molar-refractivity contribution < 1.29 is 75.9 Å². The molecule has 4 rings (SSSR count). The van der Waals surface area contributed by atoms with Gasteiger partial charge in [0.25, 0.3) is 5.82 Å². The van der Waals surface area contributed by atoms with Crippen LogP contribution in [0.3, 0.4) is 0 Å². The molecule has 0 saturated heterocycles. The topological polar surface area (TPSA) is 188 Å². The highest BCUT2D eigenvalue weighted by molar-refractivity contribution is 7.46. The standard InChI is InChI=1S/C23H26FN6O9P.HI/c1-23(2)21(31)30(11-38-40(32,33)34)20-14(39-23)6-7-17(28-20)27-19-13(24)10-25-22(29-19)26-12-8-15(35-3)18(37-5)16(9-12)36-4;/h6-10H,11H2,1-5H3,(H2,32,33,34)(H2,25,26,27,28,29);1H. The highest BCUT2D eigenvalue weighted by Gasteiger charge is 2.48. The Morgan fingerprint density at radius 1 is 1.07 bits per heavy atom. The first kappa shape index (κ1) is 32.2. The maximum atomic E-state index is 14.7. The fourth-order valence-electron chi connectivity index (χ4n) is 3.81. The number of phosphoric acid groups is 1. The lowest BCUT2D eigenvalue weighted by molar-refractivity contribution is -0.780. The predicted molar refractivity (Wildman–Crippen MR) is 137 cm³/mol. The number of hydrogen-bond acceptors (Lipinski definition) is 12. The molecule has 0 aliphatic carbocycles. The Bertz CT molecular complexity index is 1470. The Morgan fingerprint density at radius 2 is 1.73 bits per heavy atom. The van der Waals surface area contributed by atoms with Crippen molar-refractivity contribution in [1.29, 1.82) is 0 Å². The molecule has 18 heteroatoms. The quantitative estimate of drug-likeness (QED) is 0.125. The van der Waals surface area contributed by atoms with Gasteiger partial charge >= 0.3 is 13.7 Å². The van der Waals surface area contributed by atoms with E-state index in [2.05, 4.69) is 30.1 Å². The van der Waals surface area contributed by atoms with Gasteiger partial charge in [0.2, 0.25) is 29.8 Å². The number of methoxy groups -OCH3 is 3. The van der Waals surface area contributed by atoms with E-state index in [4.69, 9.17) is 28.7 Å². The maximum absolute atomic E-state index is 14.7. The molecule has 3 heterocycles. The van der Waals surface area contributed by atoms with Crippen molar-refractivity contribution >= 4 is 42.8 Å². The van der Waals surface area contributed by atoms with Crippen LogP contribution in [0.4, 0.5) is 33.5 Å². The molecule has 2 aromatic heterocycles. The molecule has 1 aliphatic heterocycles. The van der Waals surface area contributed by atoms with Crippen LogP contribution in [-0.4, -0.2) is 64.3 Å². The van der Waals surface area contributed by atoms with E-state index in [1.54, 1.807) is 12.1 Å². The summed E-state index contributed by atoms with van der Waals surface area (Å²) in [4.78, 5) is 43.5. The van der Waals surface area contributed by atoms with Crippen molar-refractivity contribution in [3.8, 4) is 23.0 Å². The summed E-state index contributed by atoms with van der Waals surface area (Å²) >= 11 is 0. The third-order valence-electron chi connectivity index (χ3n) is 5.62. The van der Waals surface area contributed by atoms with Crippen LogP contribution >= 0.6 is 7.82 Å².